The van der Waals surface area contributed by atoms with Crippen molar-refractivity contribution in [2.45, 2.75) is 6.92 Å². The summed E-state index contributed by atoms with van der Waals surface area (Å²) in [5.41, 5.74) is 0. The van der Waals surface area contributed by atoms with Crippen LogP contribution in [0.25, 0.3) is 0 Å². The number of carboxylic acid groups (broad SMARTS) is 1. The Morgan fingerprint density at radius 2 is 2.00 bits per heavy atom. The van der Waals surface area contributed by atoms with Crippen molar-refractivity contribution in [2.75, 3.05) is 6.61 Å². The number of hydrogen-bond acceptors (Lipinski definition) is 2. The molecule has 0 aliphatic rings. The molecular formula is C5H8O3. The first kappa shape index (κ1) is 10.1. The minimum atomic E-state index is -0.833. The Balaban J connectivity index is 0. The first-order chi connectivity index (χ1) is 3.65. The van der Waals surface area contributed by atoms with Crippen LogP contribution in [0.2, 0.25) is 0 Å². The summed E-state index contributed by atoms with van der Waals surface area (Å²) in [6.07, 6.45) is 4.53. The van der Waals surface area contributed by atoms with Gasteiger partial charge in [0.05, 0.1) is 0 Å². The Labute approximate surface area is 48.0 Å². The minimum absolute atomic E-state index is 0.153. The number of hydrogen-bond donors (Lipinski definition) is 2. The average molecular weight is 116 g/mol. The van der Waals surface area contributed by atoms with Crippen LogP contribution in [0.15, 0.2) is 0 Å². The molecule has 0 aliphatic heterocycles. The molecule has 0 saturated carbocycles. The number of rotatable bonds is 0. The van der Waals surface area contributed by atoms with E-state index < -0.39 is 5.97 Å². The van der Waals surface area contributed by atoms with Crippen LogP contribution in [0, 0.1) is 12.3 Å². The Bertz CT molecular complexity index is 86.3. The molecule has 0 aromatic heterocycles. The quantitative estimate of drug-likeness (QED) is 0.427. The Morgan fingerprint density at radius 3 is 2.00 bits per heavy atom. The van der Waals surface area contributed by atoms with Crippen molar-refractivity contribution in [3.63, 3.8) is 0 Å². The number of terminal acetylenes is 1. The number of aliphatic hydroxyl groups excluding tert-OH is 1. The number of aliphatic carboxylic acids is 1. The second-order valence-electron chi connectivity index (χ2n) is 0.881. The Kier molecular flexibility index (Phi) is 11.8. The zero-order valence-electron chi connectivity index (χ0n) is 4.59. The summed E-state index contributed by atoms with van der Waals surface area (Å²) in [5.74, 6) is 1.15. The van der Waals surface area contributed by atoms with Crippen LogP contribution in [0.1, 0.15) is 6.92 Å². The highest BCUT2D eigenvalue weighted by atomic mass is 16.4. The molecule has 8 heavy (non-hydrogen) atoms. The van der Waals surface area contributed by atoms with Crippen LogP contribution >= 0.6 is 0 Å². The predicted molar refractivity (Wildman–Crippen MR) is 29.2 cm³/mol. The lowest BCUT2D eigenvalue weighted by Gasteiger charge is -1.59. The van der Waals surface area contributed by atoms with E-state index in [2.05, 4.69) is 6.42 Å². The fourth-order valence-corrected chi connectivity index (χ4v) is 0. The molecule has 0 heterocycles. The molecule has 0 rings (SSSR count). The van der Waals surface area contributed by atoms with E-state index in [4.69, 9.17) is 15.0 Å². The highest BCUT2D eigenvalue weighted by Gasteiger charge is 1.65. The highest BCUT2D eigenvalue weighted by Crippen LogP contribution is 1.42. The van der Waals surface area contributed by atoms with Gasteiger partial charge < -0.3 is 10.2 Å². The molecular weight excluding hydrogens is 108 g/mol. The normalized spacial score (nSPS) is 5.62. The molecule has 46 valence electrons. The van der Waals surface area contributed by atoms with E-state index in [1.54, 1.807) is 0 Å². The maximum absolute atomic E-state index is 9.00. The van der Waals surface area contributed by atoms with Crippen molar-refractivity contribution in [1.29, 1.82) is 0 Å². The molecule has 0 aliphatic carbocycles. The smallest absolute Gasteiger partial charge is 0.300 e. The van der Waals surface area contributed by atoms with E-state index in [0.717, 1.165) is 6.92 Å². The molecule has 0 aromatic rings. The van der Waals surface area contributed by atoms with Crippen molar-refractivity contribution in [2.24, 2.45) is 0 Å². The summed E-state index contributed by atoms with van der Waals surface area (Å²) in [7, 11) is 0. The molecule has 0 unspecified atom stereocenters. The van der Waals surface area contributed by atoms with Gasteiger partial charge in [0.25, 0.3) is 5.97 Å². The Hall–Kier alpha value is -1.01. The van der Waals surface area contributed by atoms with Crippen LogP contribution in [0.5, 0.6) is 0 Å². The summed E-state index contributed by atoms with van der Waals surface area (Å²) in [5, 5.41) is 15.1. The molecule has 0 fully saturated rings. The van der Waals surface area contributed by atoms with Crippen molar-refractivity contribution in [3.05, 3.63) is 0 Å². The van der Waals surface area contributed by atoms with Crippen LogP contribution < -0.4 is 0 Å². The van der Waals surface area contributed by atoms with E-state index in [1.165, 1.54) is 0 Å². The standard InChI is InChI=1S/C3H4O.C2H4O2/c1-2-3-4;1-2(3)4/h1,4H,3H2;1H3,(H,3,4). The van der Waals surface area contributed by atoms with Crippen LogP contribution in [-0.2, 0) is 4.79 Å². The van der Waals surface area contributed by atoms with Gasteiger partial charge in [-0.05, 0) is 0 Å². The van der Waals surface area contributed by atoms with Crippen LogP contribution in [0.4, 0.5) is 0 Å². The first-order valence-electron chi connectivity index (χ1n) is 1.89. The lowest BCUT2D eigenvalue weighted by molar-refractivity contribution is -0.134. The summed E-state index contributed by atoms with van der Waals surface area (Å²) in [6, 6.07) is 0. The predicted octanol–water partition coefficient (Wildman–Crippen LogP) is -0.297. The van der Waals surface area contributed by atoms with E-state index in [-0.39, 0.29) is 6.61 Å². The summed E-state index contributed by atoms with van der Waals surface area (Å²) in [4.78, 5) is 9.00. The summed E-state index contributed by atoms with van der Waals surface area (Å²) < 4.78 is 0. The third kappa shape index (κ3) is 794000. The van der Waals surface area contributed by atoms with Gasteiger partial charge in [-0.1, -0.05) is 5.92 Å². The first-order valence-corrected chi connectivity index (χ1v) is 1.89. The van der Waals surface area contributed by atoms with E-state index in [0.29, 0.717) is 0 Å². The molecule has 0 amide bonds. The maximum Gasteiger partial charge on any atom is 0.300 e. The SMILES string of the molecule is C#CCO.CC(=O)O. The highest BCUT2D eigenvalue weighted by molar-refractivity contribution is 5.62. The summed E-state index contributed by atoms with van der Waals surface area (Å²) >= 11 is 0. The van der Waals surface area contributed by atoms with Gasteiger partial charge in [0.15, 0.2) is 0 Å². The third-order valence-corrected chi connectivity index (χ3v) is 0.0913. The molecule has 0 radical (unpaired) electrons. The van der Waals surface area contributed by atoms with Crippen LogP contribution in [-0.4, -0.2) is 22.8 Å². The van der Waals surface area contributed by atoms with Gasteiger partial charge >= 0.3 is 0 Å². The van der Waals surface area contributed by atoms with Crippen LogP contribution in [0.3, 0.4) is 0 Å². The van der Waals surface area contributed by atoms with Gasteiger partial charge in [0.2, 0.25) is 0 Å². The topological polar surface area (TPSA) is 57.5 Å². The second-order valence-corrected chi connectivity index (χ2v) is 0.881. The second kappa shape index (κ2) is 9.37. The molecule has 0 aromatic carbocycles. The van der Waals surface area contributed by atoms with Gasteiger partial charge in [-0.3, -0.25) is 4.79 Å². The maximum atomic E-state index is 9.00. The lowest BCUT2D eigenvalue weighted by atomic mass is 10.8. The van der Waals surface area contributed by atoms with Gasteiger partial charge in [0, 0.05) is 6.92 Å². The fourth-order valence-electron chi connectivity index (χ4n) is 0. The Morgan fingerprint density at radius 1 is 1.88 bits per heavy atom. The lowest BCUT2D eigenvalue weighted by Crippen LogP contribution is -1.78. The number of carboxylic acids is 1. The van der Waals surface area contributed by atoms with Crippen molar-refractivity contribution in [1.82, 2.24) is 0 Å². The average Bonchev–Trinajstić information content (AvgIpc) is 1.65. The van der Waals surface area contributed by atoms with E-state index in [9.17, 15) is 0 Å². The molecule has 3 heteroatoms. The van der Waals surface area contributed by atoms with Crippen molar-refractivity contribution in [3.8, 4) is 12.3 Å². The van der Waals surface area contributed by atoms with Gasteiger partial charge in [-0.15, -0.1) is 6.42 Å². The van der Waals surface area contributed by atoms with Gasteiger partial charge in [-0.2, -0.15) is 0 Å². The monoisotopic (exact) mass is 116 g/mol. The van der Waals surface area contributed by atoms with Gasteiger partial charge in [-0.25, -0.2) is 0 Å². The van der Waals surface area contributed by atoms with Crippen molar-refractivity contribution >= 4 is 5.97 Å². The van der Waals surface area contributed by atoms with E-state index in [1.807, 2.05) is 5.92 Å². The van der Waals surface area contributed by atoms with Gasteiger partial charge in [0.1, 0.15) is 6.61 Å². The number of carbonyl (C=O) groups is 1. The van der Waals surface area contributed by atoms with Crippen molar-refractivity contribution < 1.29 is 15.0 Å². The molecule has 2 N–H and O–H groups in total. The third-order valence-electron chi connectivity index (χ3n) is 0.0913. The fraction of sp³-hybridized carbons (Fsp3) is 0.400. The molecule has 3 nitrogen and oxygen atoms in total. The summed E-state index contributed by atoms with van der Waals surface area (Å²) in [6.45, 7) is 0.931. The zero-order chi connectivity index (χ0) is 6.99. The number of aliphatic hydroxyl groups is 1. The molecule has 0 saturated heterocycles. The largest absolute Gasteiger partial charge is 0.481 e. The molecule has 0 spiro atoms. The zero-order valence-corrected chi connectivity index (χ0v) is 4.59. The molecule has 0 atom stereocenters. The van der Waals surface area contributed by atoms with E-state index >= 15 is 0 Å². The molecule has 0 bridgehead atoms. The minimum Gasteiger partial charge on any atom is -0.481 e.